The molecule has 1 aromatic heterocycles. The van der Waals surface area contributed by atoms with Gasteiger partial charge in [-0.05, 0) is 37.7 Å². The lowest BCUT2D eigenvalue weighted by molar-refractivity contribution is 0.303. The van der Waals surface area contributed by atoms with E-state index < -0.39 is 0 Å². The number of rotatable bonds is 8. The number of nitrogens with one attached hydrogen (secondary N) is 1. The Bertz CT molecular complexity index is 515. The summed E-state index contributed by atoms with van der Waals surface area (Å²) < 4.78 is 0. The summed E-state index contributed by atoms with van der Waals surface area (Å²) >= 11 is 0. The zero-order chi connectivity index (χ0) is 14.2. The van der Waals surface area contributed by atoms with Gasteiger partial charge in [0.2, 0.25) is 0 Å². The first-order valence-electron chi connectivity index (χ1n) is 7.60. The molecular weight excluding hydrogens is 246 g/mol. The van der Waals surface area contributed by atoms with E-state index in [1.165, 1.54) is 10.9 Å². The van der Waals surface area contributed by atoms with E-state index >= 15 is 0 Å². The van der Waals surface area contributed by atoms with Crippen molar-refractivity contribution >= 4 is 10.9 Å². The van der Waals surface area contributed by atoms with Crippen molar-refractivity contribution in [2.75, 3.05) is 32.7 Å². The summed E-state index contributed by atoms with van der Waals surface area (Å²) in [4.78, 5) is 6.94. The summed E-state index contributed by atoms with van der Waals surface area (Å²) in [7, 11) is 0. The second kappa shape index (κ2) is 7.98. The van der Waals surface area contributed by atoms with E-state index in [1.54, 1.807) is 0 Å². The maximum absolute atomic E-state index is 4.50. The fourth-order valence-electron chi connectivity index (χ4n) is 2.49. The van der Waals surface area contributed by atoms with Gasteiger partial charge in [-0.3, -0.25) is 4.98 Å². The Morgan fingerprint density at radius 2 is 1.85 bits per heavy atom. The Hall–Kier alpha value is -1.45. The number of para-hydroxylation sites is 1. The minimum absolute atomic E-state index is 1.01. The van der Waals surface area contributed by atoms with Crippen molar-refractivity contribution in [3.05, 3.63) is 42.1 Å². The zero-order valence-corrected chi connectivity index (χ0v) is 12.6. The van der Waals surface area contributed by atoms with Gasteiger partial charge in [-0.15, -0.1) is 0 Å². The quantitative estimate of drug-likeness (QED) is 0.748. The molecule has 1 aromatic carbocycles. The number of hydrogen-bond donors (Lipinski definition) is 1. The molecule has 0 aliphatic carbocycles. The van der Waals surface area contributed by atoms with Crippen molar-refractivity contribution in [2.45, 2.75) is 20.3 Å². The first kappa shape index (κ1) is 14.9. The molecule has 0 aliphatic heterocycles. The predicted octanol–water partition coefficient (Wildman–Crippen LogP) is 2.71. The molecule has 108 valence electrons. The normalized spacial score (nSPS) is 11.3. The van der Waals surface area contributed by atoms with Crippen LogP contribution >= 0.6 is 0 Å². The topological polar surface area (TPSA) is 28.2 Å². The molecule has 20 heavy (non-hydrogen) atoms. The van der Waals surface area contributed by atoms with Crippen LogP contribution in [-0.2, 0) is 6.42 Å². The average molecular weight is 271 g/mol. The second-order valence-corrected chi connectivity index (χ2v) is 5.02. The van der Waals surface area contributed by atoms with Crippen molar-refractivity contribution in [1.82, 2.24) is 15.2 Å². The minimum atomic E-state index is 1.01. The molecule has 0 radical (unpaired) electrons. The van der Waals surface area contributed by atoms with Gasteiger partial charge in [0.05, 0.1) is 5.52 Å². The maximum atomic E-state index is 4.50. The predicted molar refractivity (Wildman–Crippen MR) is 86.1 cm³/mol. The molecule has 0 fully saturated rings. The van der Waals surface area contributed by atoms with E-state index in [0.29, 0.717) is 0 Å². The van der Waals surface area contributed by atoms with Crippen molar-refractivity contribution in [3.8, 4) is 0 Å². The van der Waals surface area contributed by atoms with E-state index in [4.69, 9.17) is 0 Å². The van der Waals surface area contributed by atoms with Crippen LogP contribution in [0.3, 0.4) is 0 Å². The lowest BCUT2D eigenvalue weighted by Crippen LogP contribution is -2.32. The van der Waals surface area contributed by atoms with Gasteiger partial charge in [0.25, 0.3) is 0 Å². The standard InChI is InChI=1S/C17H25N3/c1-3-20(4-2)14-13-18-12-10-16-8-5-7-15-9-6-11-19-17(15)16/h5-9,11,18H,3-4,10,12-14H2,1-2H3. The summed E-state index contributed by atoms with van der Waals surface area (Å²) in [5, 5.41) is 4.76. The fourth-order valence-corrected chi connectivity index (χ4v) is 2.49. The number of aromatic nitrogens is 1. The highest BCUT2D eigenvalue weighted by Crippen LogP contribution is 2.15. The van der Waals surface area contributed by atoms with Gasteiger partial charge >= 0.3 is 0 Å². The molecule has 2 aromatic rings. The van der Waals surface area contributed by atoms with Crippen LogP contribution in [0.1, 0.15) is 19.4 Å². The van der Waals surface area contributed by atoms with Gasteiger partial charge < -0.3 is 10.2 Å². The van der Waals surface area contributed by atoms with Gasteiger partial charge in [-0.25, -0.2) is 0 Å². The van der Waals surface area contributed by atoms with Crippen molar-refractivity contribution < 1.29 is 0 Å². The van der Waals surface area contributed by atoms with Crippen molar-refractivity contribution in [3.63, 3.8) is 0 Å². The molecule has 2 rings (SSSR count). The largest absolute Gasteiger partial charge is 0.315 e. The number of benzene rings is 1. The Labute approximate surface area is 122 Å². The van der Waals surface area contributed by atoms with Crippen LogP contribution in [0, 0.1) is 0 Å². The first-order valence-corrected chi connectivity index (χ1v) is 7.60. The average Bonchev–Trinajstić information content (AvgIpc) is 2.51. The van der Waals surface area contributed by atoms with E-state index in [2.05, 4.69) is 53.3 Å². The molecule has 0 spiro atoms. The fraction of sp³-hybridized carbons (Fsp3) is 0.471. The highest BCUT2D eigenvalue weighted by molar-refractivity contribution is 5.81. The third kappa shape index (κ3) is 4.02. The Morgan fingerprint density at radius 3 is 2.65 bits per heavy atom. The first-order chi connectivity index (χ1) is 9.85. The Balaban J connectivity index is 1.81. The molecule has 0 aliphatic rings. The highest BCUT2D eigenvalue weighted by atomic mass is 15.1. The van der Waals surface area contributed by atoms with Gasteiger partial charge in [0.15, 0.2) is 0 Å². The minimum Gasteiger partial charge on any atom is -0.315 e. The summed E-state index contributed by atoms with van der Waals surface area (Å²) in [5.41, 5.74) is 2.47. The molecule has 0 unspecified atom stereocenters. The highest BCUT2D eigenvalue weighted by Gasteiger charge is 2.02. The third-order valence-electron chi connectivity index (χ3n) is 3.79. The van der Waals surface area contributed by atoms with Gasteiger partial charge in [0, 0.05) is 24.7 Å². The van der Waals surface area contributed by atoms with E-state index in [1.807, 2.05) is 12.3 Å². The van der Waals surface area contributed by atoms with Crippen LogP contribution in [0.15, 0.2) is 36.5 Å². The molecule has 1 heterocycles. The molecule has 0 saturated heterocycles. The maximum Gasteiger partial charge on any atom is 0.0734 e. The van der Waals surface area contributed by atoms with Crippen molar-refractivity contribution in [2.24, 2.45) is 0 Å². The van der Waals surface area contributed by atoms with Crippen LogP contribution < -0.4 is 5.32 Å². The van der Waals surface area contributed by atoms with Crippen molar-refractivity contribution in [1.29, 1.82) is 0 Å². The lowest BCUT2D eigenvalue weighted by atomic mass is 10.1. The monoisotopic (exact) mass is 271 g/mol. The molecule has 0 bridgehead atoms. The molecular formula is C17H25N3. The van der Waals surface area contributed by atoms with Crippen LogP contribution in [0.2, 0.25) is 0 Å². The second-order valence-electron chi connectivity index (χ2n) is 5.02. The van der Waals surface area contributed by atoms with Gasteiger partial charge in [-0.2, -0.15) is 0 Å². The SMILES string of the molecule is CCN(CC)CCNCCc1cccc2cccnc12. The lowest BCUT2D eigenvalue weighted by Gasteiger charge is -2.18. The molecule has 0 saturated carbocycles. The number of pyridine rings is 1. The molecule has 1 N–H and O–H groups in total. The summed E-state index contributed by atoms with van der Waals surface area (Å²) in [6.07, 6.45) is 2.91. The van der Waals surface area contributed by atoms with Crippen LogP contribution in [0.5, 0.6) is 0 Å². The number of hydrogen-bond acceptors (Lipinski definition) is 3. The molecule has 0 atom stereocenters. The summed E-state index contributed by atoms with van der Waals surface area (Å²) in [6, 6.07) is 10.5. The van der Waals surface area contributed by atoms with Crippen LogP contribution in [0.25, 0.3) is 10.9 Å². The molecule has 3 nitrogen and oxygen atoms in total. The molecule has 0 amide bonds. The Morgan fingerprint density at radius 1 is 1.05 bits per heavy atom. The van der Waals surface area contributed by atoms with E-state index in [9.17, 15) is 0 Å². The number of likely N-dealkylation sites (N-methyl/N-ethyl adjacent to an activating group) is 1. The van der Waals surface area contributed by atoms with Gasteiger partial charge in [-0.1, -0.05) is 38.1 Å². The smallest absolute Gasteiger partial charge is 0.0734 e. The van der Waals surface area contributed by atoms with E-state index in [0.717, 1.165) is 44.7 Å². The van der Waals surface area contributed by atoms with E-state index in [-0.39, 0.29) is 0 Å². The summed E-state index contributed by atoms with van der Waals surface area (Å²) in [5.74, 6) is 0. The number of nitrogens with zero attached hydrogens (tertiary/aromatic N) is 2. The third-order valence-corrected chi connectivity index (χ3v) is 3.79. The van der Waals surface area contributed by atoms with Gasteiger partial charge in [0.1, 0.15) is 0 Å². The molecule has 3 heteroatoms. The summed E-state index contributed by atoms with van der Waals surface area (Å²) in [6.45, 7) is 9.88. The Kier molecular flexibility index (Phi) is 5.96. The number of fused-ring (bicyclic) bond motifs is 1. The van der Waals surface area contributed by atoms with Crippen LogP contribution in [0.4, 0.5) is 0 Å². The van der Waals surface area contributed by atoms with Crippen LogP contribution in [-0.4, -0.2) is 42.6 Å². The zero-order valence-electron chi connectivity index (χ0n) is 12.6.